The molecule has 0 aromatic heterocycles. The van der Waals surface area contributed by atoms with Crippen LogP contribution >= 0.6 is 11.8 Å². The number of nitrogens with one attached hydrogen (secondary N) is 2. The van der Waals surface area contributed by atoms with Crippen molar-refractivity contribution in [2.45, 2.75) is 31.9 Å². The van der Waals surface area contributed by atoms with E-state index in [4.69, 9.17) is 0 Å². The van der Waals surface area contributed by atoms with Gasteiger partial charge in [-0.2, -0.15) is 11.8 Å². The molecule has 4 nitrogen and oxygen atoms in total. The maximum atomic E-state index is 12.7. The van der Waals surface area contributed by atoms with Crippen molar-refractivity contribution < 1.29 is 14.0 Å². The Balaban J connectivity index is 2.17. The molecule has 122 valence electrons. The fraction of sp³-hybridized carbons (Fsp3) is 0.500. The SMILES string of the molecule is CC(C)(C)SCCNC(=O)CCNC(=O)c1ccc(F)cc1. The van der Waals surface area contributed by atoms with Gasteiger partial charge in [-0.1, -0.05) is 20.8 Å². The summed E-state index contributed by atoms with van der Waals surface area (Å²) in [5, 5.41) is 5.45. The molecule has 0 radical (unpaired) electrons. The zero-order valence-electron chi connectivity index (χ0n) is 13.2. The number of benzene rings is 1. The van der Waals surface area contributed by atoms with Gasteiger partial charge in [0.05, 0.1) is 0 Å². The highest BCUT2D eigenvalue weighted by Gasteiger charge is 2.10. The number of rotatable bonds is 7. The molecule has 0 unspecified atom stereocenters. The van der Waals surface area contributed by atoms with E-state index < -0.39 is 0 Å². The minimum absolute atomic E-state index is 0.0890. The van der Waals surface area contributed by atoms with Crippen LogP contribution in [0.5, 0.6) is 0 Å². The summed E-state index contributed by atoms with van der Waals surface area (Å²) < 4.78 is 12.9. The summed E-state index contributed by atoms with van der Waals surface area (Å²) in [6, 6.07) is 5.28. The highest BCUT2D eigenvalue weighted by molar-refractivity contribution is 8.00. The van der Waals surface area contributed by atoms with Crippen LogP contribution in [0, 0.1) is 5.82 Å². The van der Waals surface area contributed by atoms with E-state index in [1.807, 2.05) is 0 Å². The van der Waals surface area contributed by atoms with Crippen molar-refractivity contribution in [3.8, 4) is 0 Å². The maximum Gasteiger partial charge on any atom is 0.251 e. The first kappa shape index (κ1) is 18.5. The van der Waals surface area contributed by atoms with Crippen LogP contribution in [0.2, 0.25) is 0 Å². The standard InChI is InChI=1S/C16H23FN2O2S/c1-16(2,3)22-11-10-18-14(20)8-9-19-15(21)12-4-6-13(17)7-5-12/h4-7H,8-11H2,1-3H3,(H,18,20)(H,19,21). The zero-order chi connectivity index (χ0) is 16.6. The Morgan fingerprint density at radius 1 is 1.09 bits per heavy atom. The van der Waals surface area contributed by atoms with Crippen LogP contribution < -0.4 is 10.6 Å². The molecule has 1 aromatic rings. The smallest absolute Gasteiger partial charge is 0.251 e. The molecule has 22 heavy (non-hydrogen) atoms. The summed E-state index contributed by atoms with van der Waals surface area (Å²) in [4.78, 5) is 23.3. The van der Waals surface area contributed by atoms with Crippen molar-refractivity contribution in [3.63, 3.8) is 0 Å². The molecule has 1 aromatic carbocycles. The normalized spacial score (nSPS) is 11.1. The fourth-order valence-electron chi connectivity index (χ4n) is 1.63. The lowest BCUT2D eigenvalue weighted by molar-refractivity contribution is -0.120. The topological polar surface area (TPSA) is 58.2 Å². The van der Waals surface area contributed by atoms with Gasteiger partial charge in [-0.15, -0.1) is 0 Å². The lowest BCUT2D eigenvalue weighted by atomic mass is 10.2. The van der Waals surface area contributed by atoms with E-state index in [0.29, 0.717) is 12.1 Å². The highest BCUT2D eigenvalue weighted by atomic mass is 32.2. The zero-order valence-corrected chi connectivity index (χ0v) is 14.1. The summed E-state index contributed by atoms with van der Waals surface area (Å²) >= 11 is 1.79. The number of carbonyl (C=O) groups is 2. The van der Waals surface area contributed by atoms with Gasteiger partial charge in [0.15, 0.2) is 0 Å². The molecule has 2 amide bonds. The lowest BCUT2D eigenvalue weighted by Crippen LogP contribution is -2.32. The summed E-state index contributed by atoms with van der Waals surface area (Å²) in [5.41, 5.74) is 0.378. The van der Waals surface area contributed by atoms with Gasteiger partial charge < -0.3 is 10.6 Å². The van der Waals surface area contributed by atoms with Crippen molar-refractivity contribution in [1.29, 1.82) is 0 Å². The fourth-order valence-corrected chi connectivity index (χ4v) is 2.45. The Morgan fingerprint density at radius 2 is 1.73 bits per heavy atom. The third-order valence-electron chi connectivity index (χ3n) is 2.70. The second-order valence-electron chi connectivity index (χ2n) is 5.82. The summed E-state index contributed by atoms with van der Waals surface area (Å²) in [6.45, 7) is 7.26. The van der Waals surface area contributed by atoms with Gasteiger partial charge in [0, 0.05) is 35.6 Å². The third-order valence-corrected chi connectivity index (χ3v) is 3.98. The highest BCUT2D eigenvalue weighted by Crippen LogP contribution is 2.21. The first-order chi connectivity index (χ1) is 10.3. The lowest BCUT2D eigenvalue weighted by Gasteiger charge is -2.17. The number of amides is 2. The van der Waals surface area contributed by atoms with Crippen molar-refractivity contribution in [2.24, 2.45) is 0 Å². The van der Waals surface area contributed by atoms with Crippen LogP contribution in [0.15, 0.2) is 24.3 Å². The number of carbonyl (C=O) groups excluding carboxylic acids is 2. The maximum absolute atomic E-state index is 12.7. The Morgan fingerprint density at radius 3 is 2.32 bits per heavy atom. The van der Waals surface area contributed by atoms with Crippen LogP contribution in [0.25, 0.3) is 0 Å². The Kier molecular flexibility index (Phi) is 7.38. The van der Waals surface area contributed by atoms with Gasteiger partial charge in [-0.05, 0) is 24.3 Å². The van der Waals surface area contributed by atoms with Crippen molar-refractivity contribution in [2.75, 3.05) is 18.8 Å². The molecule has 0 aliphatic carbocycles. The molecule has 0 saturated carbocycles. The minimum Gasteiger partial charge on any atom is -0.355 e. The second kappa shape index (κ2) is 8.78. The molecule has 0 aliphatic heterocycles. The van der Waals surface area contributed by atoms with Crippen LogP contribution in [-0.4, -0.2) is 35.4 Å². The van der Waals surface area contributed by atoms with E-state index in [1.54, 1.807) is 11.8 Å². The quantitative estimate of drug-likeness (QED) is 0.757. The predicted octanol–water partition coefficient (Wildman–Crippen LogP) is 2.59. The van der Waals surface area contributed by atoms with E-state index >= 15 is 0 Å². The van der Waals surface area contributed by atoms with Gasteiger partial charge in [0.2, 0.25) is 5.91 Å². The average molecular weight is 326 g/mol. The van der Waals surface area contributed by atoms with Crippen LogP contribution in [0.1, 0.15) is 37.6 Å². The molecule has 0 saturated heterocycles. The number of thioether (sulfide) groups is 1. The van der Waals surface area contributed by atoms with E-state index in [0.717, 1.165) is 5.75 Å². The van der Waals surface area contributed by atoms with Gasteiger partial charge in [0.1, 0.15) is 5.82 Å². The van der Waals surface area contributed by atoms with Crippen LogP contribution in [-0.2, 0) is 4.79 Å². The Bertz CT molecular complexity index is 498. The molecule has 0 spiro atoms. The third kappa shape index (κ3) is 8.02. The average Bonchev–Trinajstić information content (AvgIpc) is 2.43. The Hall–Kier alpha value is -1.56. The molecule has 0 bridgehead atoms. The molecule has 0 atom stereocenters. The number of hydrogen-bond donors (Lipinski definition) is 2. The van der Waals surface area contributed by atoms with Crippen molar-refractivity contribution in [1.82, 2.24) is 10.6 Å². The summed E-state index contributed by atoms with van der Waals surface area (Å²) in [6.07, 6.45) is 0.229. The van der Waals surface area contributed by atoms with E-state index in [2.05, 4.69) is 31.4 Å². The monoisotopic (exact) mass is 326 g/mol. The second-order valence-corrected chi connectivity index (χ2v) is 7.75. The van der Waals surface area contributed by atoms with E-state index in [9.17, 15) is 14.0 Å². The molecule has 0 heterocycles. The summed E-state index contributed by atoms with van der Waals surface area (Å²) in [7, 11) is 0. The van der Waals surface area contributed by atoms with Crippen LogP contribution in [0.3, 0.4) is 0 Å². The molecular formula is C16H23FN2O2S. The predicted molar refractivity (Wildman–Crippen MR) is 88.6 cm³/mol. The van der Waals surface area contributed by atoms with Gasteiger partial charge in [-0.3, -0.25) is 9.59 Å². The largest absolute Gasteiger partial charge is 0.355 e. The van der Waals surface area contributed by atoms with Crippen molar-refractivity contribution in [3.05, 3.63) is 35.6 Å². The summed E-state index contributed by atoms with van der Waals surface area (Å²) in [5.74, 6) is 0.0750. The van der Waals surface area contributed by atoms with Crippen LogP contribution in [0.4, 0.5) is 4.39 Å². The van der Waals surface area contributed by atoms with Gasteiger partial charge in [0.25, 0.3) is 5.91 Å². The number of hydrogen-bond acceptors (Lipinski definition) is 3. The van der Waals surface area contributed by atoms with E-state index in [-0.39, 0.29) is 35.3 Å². The van der Waals surface area contributed by atoms with Gasteiger partial charge >= 0.3 is 0 Å². The van der Waals surface area contributed by atoms with Crippen molar-refractivity contribution >= 4 is 23.6 Å². The molecule has 6 heteroatoms. The molecule has 2 N–H and O–H groups in total. The Labute approximate surface area is 135 Å². The first-order valence-corrected chi connectivity index (χ1v) is 8.21. The molecule has 0 aliphatic rings. The minimum atomic E-state index is -0.385. The molecule has 0 fully saturated rings. The van der Waals surface area contributed by atoms with E-state index in [1.165, 1.54) is 24.3 Å². The molecule has 1 rings (SSSR count). The first-order valence-electron chi connectivity index (χ1n) is 7.22. The number of halogens is 1. The van der Waals surface area contributed by atoms with Gasteiger partial charge in [-0.25, -0.2) is 4.39 Å². The molecular weight excluding hydrogens is 303 g/mol.